The highest BCUT2D eigenvalue weighted by Gasteiger charge is 2.22. The van der Waals surface area contributed by atoms with Crippen LogP contribution in [0.25, 0.3) is 0 Å². The van der Waals surface area contributed by atoms with E-state index in [0.717, 1.165) is 5.56 Å². The van der Waals surface area contributed by atoms with E-state index in [1.807, 2.05) is 13.0 Å². The van der Waals surface area contributed by atoms with Gasteiger partial charge in [0, 0.05) is 38.4 Å². The Kier molecular flexibility index (Phi) is 9.17. The molecule has 1 fully saturated rings. The summed E-state index contributed by atoms with van der Waals surface area (Å²) in [5, 5.41) is 5.53. The maximum absolute atomic E-state index is 14.2. The van der Waals surface area contributed by atoms with Crippen LogP contribution in [0.5, 0.6) is 0 Å². The van der Waals surface area contributed by atoms with Crippen molar-refractivity contribution in [2.45, 2.75) is 13.3 Å². The number of benzene rings is 2. The van der Waals surface area contributed by atoms with Gasteiger partial charge in [-0.3, -0.25) is 14.5 Å². The summed E-state index contributed by atoms with van der Waals surface area (Å²) in [4.78, 5) is 43.0. The summed E-state index contributed by atoms with van der Waals surface area (Å²) in [5.74, 6) is -1.36. The summed E-state index contributed by atoms with van der Waals surface area (Å²) in [7, 11) is 0. The normalized spacial score (nSPS) is 13.9. The molecule has 2 aromatic carbocycles. The van der Waals surface area contributed by atoms with E-state index in [0.29, 0.717) is 44.0 Å². The minimum Gasteiger partial charge on any atom is -0.455 e. The lowest BCUT2D eigenvalue weighted by Crippen LogP contribution is -2.50. The van der Waals surface area contributed by atoms with Gasteiger partial charge in [-0.15, -0.1) is 4.91 Å². The Labute approximate surface area is 201 Å². The number of hydrogen-bond acceptors (Lipinski definition) is 8. The molecule has 1 heterocycles. The standard InChI is InChI=1S/C23H26ClFN4O5/c1-16-5-6-20(26-23-18(24)3-2-4-19(23)25)17(13-16)14-22(31)33-15-21(30)29-9-7-28(8-10-29)11-12-34-27-32/h2-6,13,26H,7-12,14-15H2,1H3. The average Bonchev–Trinajstić information content (AvgIpc) is 2.82. The molecule has 1 amide bonds. The van der Waals surface area contributed by atoms with Crippen LogP contribution >= 0.6 is 11.6 Å². The first-order chi connectivity index (χ1) is 16.4. The van der Waals surface area contributed by atoms with Gasteiger partial charge in [-0.2, -0.15) is 0 Å². The van der Waals surface area contributed by atoms with Crippen molar-refractivity contribution in [3.05, 3.63) is 63.3 Å². The van der Waals surface area contributed by atoms with Crippen molar-refractivity contribution < 1.29 is 23.6 Å². The fourth-order valence-electron chi connectivity index (χ4n) is 3.61. The first kappa shape index (κ1) is 25.4. The number of piperazine rings is 1. The van der Waals surface area contributed by atoms with Crippen molar-refractivity contribution in [2.24, 2.45) is 5.34 Å². The van der Waals surface area contributed by atoms with Crippen molar-refractivity contribution in [1.29, 1.82) is 0 Å². The van der Waals surface area contributed by atoms with E-state index < -0.39 is 11.8 Å². The van der Waals surface area contributed by atoms with E-state index in [9.17, 15) is 18.9 Å². The monoisotopic (exact) mass is 492 g/mol. The molecule has 2 aromatic rings. The second kappa shape index (κ2) is 12.3. The Morgan fingerprint density at radius 1 is 1.18 bits per heavy atom. The summed E-state index contributed by atoms with van der Waals surface area (Å²) in [6.45, 7) is 4.49. The van der Waals surface area contributed by atoms with Gasteiger partial charge < -0.3 is 19.8 Å². The Balaban J connectivity index is 1.53. The molecule has 1 aliphatic heterocycles. The van der Waals surface area contributed by atoms with Gasteiger partial charge in [0.15, 0.2) is 11.9 Å². The smallest absolute Gasteiger partial charge is 0.310 e. The molecule has 0 spiro atoms. The third kappa shape index (κ3) is 7.13. The number of amides is 1. The largest absolute Gasteiger partial charge is 0.455 e. The zero-order valence-electron chi connectivity index (χ0n) is 18.8. The number of anilines is 2. The van der Waals surface area contributed by atoms with Gasteiger partial charge in [0.05, 0.1) is 17.1 Å². The Morgan fingerprint density at radius 3 is 2.65 bits per heavy atom. The van der Waals surface area contributed by atoms with Crippen molar-refractivity contribution in [2.75, 3.05) is 51.3 Å². The van der Waals surface area contributed by atoms with Crippen LogP contribution in [-0.4, -0.2) is 67.6 Å². The molecule has 1 N–H and O–H groups in total. The number of rotatable bonds is 10. The van der Waals surface area contributed by atoms with E-state index in [-0.39, 0.29) is 36.3 Å². The number of nitrogens with zero attached hydrogens (tertiary/aromatic N) is 3. The van der Waals surface area contributed by atoms with Crippen molar-refractivity contribution in [3.8, 4) is 0 Å². The number of ether oxygens (including phenoxy) is 1. The lowest BCUT2D eigenvalue weighted by atomic mass is 10.1. The van der Waals surface area contributed by atoms with Gasteiger partial charge in [-0.05, 0) is 30.7 Å². The number of esters is 1. The summed E-state index contributed by atoms with van der Waals surface area (Å²) >= 11 is 6.11. The van der Waals surface area contributed by atoms with Gasteiger partial charge in [0.1, 0.15) is 12.4 Å². The van der Waals surface area contributed by atoms with Crippen LogP contribution in [0.3, 0.4) is 0 Å². The van der Waals surface area contributed by atoms with Gasteiger partial charge in [0.25, 0.3) is 5.91 Å². The molecular formula is C23H26ClFN4O5. The van der Waals surface area contributed by atoms with Crippen LogP contribution in [0.1, 0.15) is 11.1 Å². The fraction of sp³-hybridized carbons (Fsp3) is 0.391. The molecule has 0 aliphatic carbocycles. The fourth-order valence-corrected chi connectivity index (χ4v) is 3.82. The SMILES string of the molecule is Cc1ccc(Nc2c(F)cccc2Cl)c(CC(=O)OCC(=O)N2CCN(CCON=O)CC2)c1. The van der Waals surface area contributed by atoms with E-state index in [1.54, 1.807) is 23.1 Å². The van der Waals surface area contributed by atoms with Gasteiger partial charge in [0.2, 0.25) is 0 Å². The lowest BCUT2D eigenvalue weighted by molar-refractivity contribution is -0.152. The number of para-hydroxylation sites is 1. The van der Waals surface area contributed by atoms with Crippen LogP contribution in [-0.2, 0) is 25.6 Å². The molecule has 0 aromatic heterocycles. The van der Waals surface area contributed by atoms with E-state index in [4.69, 9.17) is 16.3 Å². The summed E-state index contributed by atoms with van der Waals surface area (Å²) in [5.41, 5.74) is 2.14. The molecule has 9 nitrogen and oxygen atoms in total. The van der Waals surface area contributed by atoms with Crippen LogP contribution in [0.15, 0.2) is 41.7 Å². The van der Waals surface area contributed by atoms with Crippen molar-refractivity contribution >= 4 is 34.9 Å². The zero-order valence-corrected chi connectivity index (χ0v) is 19.5. The molecule has 182 valence electrons. The lowest BCUT2D eigenvalue weighted by Gasteiger charge is -2.34. The zero-order chi connectivity index (χ0) is 24.5. The van der Waals surface area contributed by atoms with Crippen molar-refractivity contribution in [3.63, 3.8) is 0 Å². The molecule has 0 radical (unpaired) electrons. The summed E-state index contributed by atoms with van der Waals surface area (Å²) < 4.78 is 19.4. The van der Waals surface area contributed by atoms with Gasteiger partial charge in [-0.1, -0.05) is 35.4 Å². The summed E-state index contributed by atoms with van der Waals surface area (Å²) in [6.07, 6.45) is -0.0953. The Morgan fingerprint density at radius 2 is 1.94 bits per heavy atom. The quantitative estimate of drug-likeness (QED) is 0.234. The van der Waals surface area contributed by atoms with Crippen LogP contribution in [0.4, 0.5) is 15.8 Å². The van der Waals surface area contributed by atoms with Gasteiger partial charge in [-0.25, -0.2) is 4.39 Å². The number of hydrogen-bond donors (Lipinski definition) is 1. The van der Waals surface area contributed by atoms with E-state index in [1.165, 1.54) is 12.1 Å². The maximum Gasteiger partial charge on any atom is 0.310 e. The summed E-state index contributed by atoms with van der Waals surface area (Å²) in [6, 6.07) is 9.73. The second-order valence-electron chi connectivity index (χ2n) is 7.85. The Bertz CT molecular complexity index is 1010. The average molecular weight is 493 g/mol. The predicted octanol–water partition coefficient (Wildman–Crippen LogP) is 3.46. The molecule has 1 aliphatic rings. The maximum atomic E-state index is 14.2. The number of aryl methyl sites for hydroxylation is 1. The second-order valence-corrected chi connectivity index (χ2v) is 8.26. The Hall–Kier alpha value is -3.24. The molecule has 0 unspecified atom stereocenters. The van der Waals surface area contributed by atoms with E-state index in [2.05, 4.69) is 20.4 Å². The highest BCUT2D eigenvalue weighted by molar-refractivity contribution is 6.33. The molecular weight excluding hydrogens is 467 g/mol. The molecule has 1 saturated heterocycles. The highest BCUT2D eigenvalue weighted by Crippen LogP contribution is 2.30. The molecule has 34 heavy (non-hydrogen) atoms. The predicted molar refractivity (Wildman–Crippen MR) is 125 cm³/mol. The molecule has 0 saturated carbocycles. The number of carbonyl (C=O) groups excluding carboxylic acids is 2. The van der Waals surface area contributed by atoms with Crippen LogP contribution in [0.2, 0.25) is 5.02 Å². The number of halogens is 2. The van der Waals surface area contributed by atoms with Crippen LogP contribution in [0, 0.1) is 17.6 Å². The van der Waals surface area contributed by atoms with E-state index >= 15 is 0 Å². The molecule has 3 rings (SSSR count). The minimum atomic E-state index is -0.571. The van der Waals surface area contributed by atoms with Crippen LogP contribution < -0.4 is 5.32 Å². The highest BCUT2D eigenvalue weighted by atomic mass is 35.5. The van der Waals surface area contributed by atoms with Crippen molar-refractivity contribution in [1.82, 2.24) is 9.80 Å². The molecule has 0 atom stereocenters. The minimum absolute atomic E-state index is 0.0953. The topological polar surface area (TPSA) is 101 Å². The molecule has 0 bridgehead atoms. The molecule has 11 heteroatoms. The first-order valence-corrected chi connectivity index (χ1v) is 11.2. The first-order valence-electron chi connectivity index (χ1n) is 10.8. The van der Waals surface area contributed by atoms with Gasteiger partial charge >= 0.3 is 5.97 Å². The number of carbonyl (C=O) groups is 2. The number of nitrogens with one attached hydrogen (secondary N) is 1. The third-order valence-electron chi connectivity index (χ3n) is 5.45. The third-order valence-corrected chi connectivity index (χ3v) is 5.77.